The molecular formula is C61H81N8O17V-. The molecule has 0 fully saturated rings. The summed E-state index contributed by atoms with van der Waals surface area (Å²) in [5.74, 6) is -4.39. The van der Waals surface area contributed by atoms with E-state index in [1.807, 2.05) is 0 Å². The molecule has 473 valence electrons. The van der Waals surface area contributed by atoms with Gasteiger partial charge in [-0.2, -0.15) is 0 Å². The third-order valence-corrected chi connectivity index (χ3v) is 12.0. The van der Waals surface area contributed by atoms with Crippen LogP contribution in [0.3, 0.4) is 0 Å². The molecule has 0 spiro atoms. The molecule has 0 atom stereocenters. The third kappa shape index (κ3) is 35.8. The molecule has 26 heteroatoms. The van der Waals surface area contributed by atoms with E-state index in [-0.39, 0.29) is 120 Å². The van der Waals surface area contributed by atoms with Gasteiger partial charge in [0.15, 0.2) is 0 Å². The van der Waals surface area contributed by atoms with Gasteiger partial charge in [0.2, 0.25) is 5.91 Å². The molecule has 5 aromatic rings. The number of hydrogen-bond donors (Lipinski definition) is 16. The number of phenols is 4. The molecule has 0 aromatic heterocycles. The van der Waals surface area contributed by atoms with Gasteiger partial charge in [0.05, 0.1) is 35.1 Å². The second-order valence-electron chi connectivity index (χ2n) is 18.8. The maximum atomic E-state index is 12.2. The second kappa shape index (κ2) is 47.3. The van der Waals surface area contributed by atoms with Crippen molar-refractivity contribution < 1.29 is 103 Å². The van der Waals surface area contributed by atoms with Crippen LogP contribution in [0.25, 0.3) is 0 Å². The Kier molecular flexibility index (Phi) is 42.4. The molecule has 25 nitrogen and oxygen atoms in total. The van der Waals surface area contributed by atoms with Crippen LogP contribution in [0.4, 0.5) is 5.69 Å². The third-order valence-electron chi connectivity index (χ3n) is 12.0. The maximum Gasteiger partial charge on any atom is 0.307 e. The SMILES string of the molecule is NCCNC(=O)c1ccccc1O.NCc1ccc(O)c(C(=O)NCCCCCCCC(=O)O)c1.NCc1ccc(O)c(C(=O)Nc2ccc(CC(=O)O)cc2)c1.O=C(O)CCC(=O)NCCCCCCCCNC(=O)c1ccccc1O.O=[C-]O.[V]. The smallest absolute Gasteiger partial charge is 0.307 e. The van der Waals surface area contributed by atoms with E-state index >= 15 is 0 Å². The van der Waals surface area contributed by atoms with Crippen LogP contribution in [0.5, 0.6) is 23.0 Å². The molecule has 5 aromatic carbocycles. The van der Waals surface area contributed by atoms with Crippen LogP contribution in [0.2, 0.25) is 0 Å². The maximum absolute atomic E-state index is 12.2. The zero-order valence-electron chi connectivity index (χ0n) is 48.4. The van der Waals surface area contributed by atoms with Crippen molar-refractivity contribution in [1.29, 1.82) is 0 Å². The van der Waals surface area contributed by atoms with Gasteiger partial charge >= 0.3 is 17.9 Å². The van der Waals surface area contributed by atoms with Crippen molar-refractivity contribution in [3.8, 4) is 23.0 Å². The number of nitrogens with one attached hydrogen (secondary N) is 5. The summed E-state index contributed by atoms with van der Waals surface area (Å²) in [6.45, 7) is 3.57. The van der Waals surface area contributed by atoms with Gasteiger partial charge < -0.3 is 89.4 Å². The van der Waals surface area contributed by atoms with E-state index in [0.29, 0.717) is 63.4 Å². The molecular weight excluding hydrogens is 1170 g/mol. The van der Waals surface area contributed by atoms with Crippen molar-refractivity contribution in [2.45, 2.75) is 109 Å². The Morgan fingerprint density at radius 3 is 1.18 bits per heavy atom. The summed E-state index contributed by atoms with van der Waals surface area (Å²) in [6.07, 6.45) is 10.2. The van der Waals surface area contributed by atoms with E-state index in [1.54, 1.807) is 78.9 Å². The van der Waals surface area contributed by atoms with E-state index < -0.39 is 23.8 Å². The minimum absolute atomic E-state index is 0. The zero-order chi connectivity index (χ0) is 64.1. The summed E-state index contributed by atoms with van der Waals surface area (Å²) in [4.78, 5) is 98.1. The Morgan fingerprint density at radius 1 is 0.402 bits per heavy atom. The van der Waals surface area contributed by atoms with Gasteiger partial charge in [-0.05, 0) is 103 Å². The Labute approximate surface area is 517 Å². The topological polar surface area (TPSA) is 454 Å². The Bertz CT molecular complexity index is 2900. The van der Waals surface area contributed by atoms with Crippen molar-refractivity contribution in [3.63, 3.8) is 0 Å². The van der Waals surface area contributed by atoms with Gasteiger partial charge in [-0.3, -0.25) is 38.4 Å². The number of aromatic hydroxyl groups is 4. The fourth-order valence-electron chi connectivity index (χ4n) is 7.49. The summed E-state index contributed by atoms with van der Waals surface area (Å²) in [5, 5.41) is 84.3. The number of benzene rings is 5. The molecule has 0 heterocycles. The standard InChI is InChI=1S/C19H28N2O5.C16H16N2O4.C16H24N2O4.C9H12N2O2.CHO2.V/c22-16-10-6-5-9-15(16)19(26)21-14-8-4-2-1-3-7-13-20-17(23)11-12-18(24)25;17-9-11-3-6-14(19)13(7-11)16(22)18-12-4-1-10(2-5-12)8-15(20)21;17-11-12-7-8-14(19)13(10-12)16(22)18-9-5-3-1-2-4-6-15(20)21;10-5-6-11-9(13)7-3-1-2-4-8(7)12;2-1-3;/h5-6,9-10,22H,1-4,7-8,11-14H2,(H,20,23)(H,21,26)(H,24,25);1-7,19H,8-9,17H2,(H,18,22)(H,20,21);7-8,10,19H,1-6,9,11,17H2,(H,18,22)(H,20,21);1-4,12H,5-6,10H2,(H,11,13);(H,2,3);/q;;;;-1;. The fourth-order valence-corrected chi connectivity index (χ4v) is 7.49. The fraction of sp³-hybridized carbons (Fsp3) is 0.361. The molecule has 0 aliphatic heterocycles. The average Bonchev–Trinajstić information content (AvgIpc) is 3.69. The zero-order valence-corrected chi connectivity index (χ0v) is 49.8. The number of carbonyl (C=O) groups excluding carboxylic acids is 5. The largest absolute Gasteiger partial charge is 0.665 e. The number of unbranched alkanes of at least 4 members (excludes halogenated alkanes) is 9. The van der Waals surface area contributed by atoms with E-state index in [0.717, 1.165) is 75.3 Å². The summed E-state index contributed by atoms with van der Waals surface area (Å²) in [7, 11) is 0. The normalized spacial score (nSPS) is 9.87. The number of nitrogens with two attached hydrogens (primary N) is 3. The molecule has 0 aliphatic carbocycles. The van der Waals surface area contributed by atoms with Gasteiger partial charge in [0.1, 0.15) is 23.0 Å². The molecule has 1 radical (unpaired) electrons. The Balaban J connectivity index is 0.00000113. The molecule has 0 saturated heterocycles. The van der Waals surface area contributed by atoms with E-state index in [1.165, 1.54) is 30.3 Å². The second-order valence-corrected chi connectivity index (χ2v) is 18.8. The number of para-hydroxylation sites is 2. The van der Waals surface area contributed by atoms with Crippen LogP contribution in [0, 0.1) is 0 Å². The summed E-state index contributed by atoms with van der Waals surface area (Å²) >= 11 is 0. The number of hydrogen-bond acceptors (Lipinski definition) is 16. The number of amides is 5. The van der Waals surface area contributed by atoms with Crippen LogP contribution in [0.15, 0.2) is 109 Å². The van der Waals surface area contributed by atoms with Gasteiger partial charge in [-0.15, -0.1) is 0 Å². The van der Waals surface area contributed by atoms with Crippen molar-refractivity contribution in [3.05, 3.63) is 148 Å². The van der Waals surface area contributed by atoms with Crippen LogP contribution in [-0.4, -0.2) is 127 Å². The first kappa shape index (κ1) is 78.0. The van der Waals surface area contributed by atoms with Crippen LogP contribution >= 0.6 is 0 Å². The first-order chi connectivity index (χ1) is 41.2. The molecule has 0 unspecified atom stereocenters. The number of phenolic OH excluding ortho intramolecular Hbond substituents is 4. The van der Waals surface area contributed by atoms with Crippen LogP contribution in [0.1, 0.15) is 148 Å². The van der Waals surface area contributed by atoms with Gasteiger partial charge in [0.25, 0.3) is 23.6 Å². The summed E-state index contributed by atoms with van der Waals surface area (Å²) in [5.41, 5.74) is 19.9. The Hall–Kier alpha value is -9.01. The van der Waals surface area contributed by atoms with E-state index in [2.05, 4.69) is 26.6 Å². The summed E-state index contributed by atoms with van der Waals surface area (Å²) < 4.78 is 0. The molecule has 0 saturated carbocycles. The average molecular weight is 1250 g/mol. The number of aliphatic carboxylic acids is 3. The number of carboxylic acid groups (broad SMARTS) is 3. The first-order valence-electron chi connectivity index (χ1n) is 27.7. The molecule has 5 amide bonds. The predicted octanol–water partition coefficient (Wildman–Crippen LogP) is 5.87. The molecule has 0 aliphatic rings. The van der Waals surface area contributed by atoms with Crippen molar-refractivity contribution >= 4 is 59.6 Å². The van der Waals surface area contributed by atoms with Gasteiger partial charge in [-0.25, -0.2) is 0 Å². The minimum Gasteiger partial charge on any atom is -0.665 e. The van der Waals surface area contributed by atoms with E-state index in [4.69, 9.17) is 42.4 Å². The van der Waals surface area contributed by atoms with Crippen LogP contribution < -0.4 is 43.8 Å². The summed E-state index contributed by atoms with van der Waals surface area (Å²) in [6, 6.07) is 28.7. The van der Waals surface area contributed by atoms with Crippen LogP contribution in [-0.2, 0) is 62.0 Å². The van der Waals surface area contributed by atoms with E-state index in [9.17, 15) is 58.8 Å². The predicted molar refractivity (Wildman–Crippen MR) is 321 cm³/mol. The number of carbonyl (C=O) groups is 8. The van der Waals surface area contributed by atoms with Crippen molar-refractivity contribution in [2.24, 2.45) is 17.2 Å². The van der Waals surface area contributed by atoms with Gasteiger partial charge in [0, 0.05) is 82.9 Å². The van der Waals surface area contributed by atoms with Gasteiger partial charge in [-0.1, -0.05) is 99.9 Å². The van der Waals surface area contributed by atoms with Crippen molar-refractivity contribution in [2.75, 3.05) is 38.0 Å². The number of anilines is 1. The monoisotopic (exact) mass is 1250 g/mol. The molecule has 87 heavy (non-hydrogen) atoms. The van der Waals surface area contributed by atoms with Crippen molar-refractivity contribution in [1.82, 2.24) is 21.3 Å². The number of rotatable bonds is 31. The first-order valence-corrected chi connectivity index (χ1v) is 27.7. The minimum atomic E-state index is -0.961. The molecule has 19 N–H and O–H groups in total. The number of carboxylic acids is 3. The quantitative estimate of drug-likeness (QED) is 0.0182. The number of aliphatic hydroxyl groups excluding tert-OH is 1. The Morgan fingerprint density at radius 2 is 0.770 bits per heavy atom. The molecule has 0 bridgehead atoms. The molecule has 5 rings (SSSR count).